The third-order valence-corrected chi connectivity index (χ3v) is 4.67. The van der Waals surface area contributed by atoms with E-state index in [1.165, 1.54) is 12.1 Å². The van der Waals surface area contributed by atoms with Crippen molar-refractivity contribution in [2.24, 2.45) is 0 Å². The summed E-state index contributed by atoms with van der Waals surface area (Å²) < 4.78 is 23.9. The number of piperazine rings is 1. The summed E-state index contributed by atoms with van der Waals surface area (Å²) in [5.74, 6) is 0.515. The molecule has 0 N–H and O–H groups in total. The lowest BCUT2D eigenvalue weighted by Gasteiger charge is -2.36. The molecule has 0 aliphatic carbocycles. The summed E-state index contributed by atoms with van der Waals surface area (Å²) in [5, 5.41) is 0. The molecule has 0 aromatic heterocycles. The van der Waals surface area contributed by atoms with Crippen LogP contribution in [0.1, 0.15) is 22.8 Å². The molecule has 1 aliphatic heterocycles. The van der Waals surface area contributed by atoms with Crippen LogP contribution in [0.15, 0.2) is 42.5 Å². The summed E-state index contributed by atoms with van der Waals surface area (Å²) in [5.41, 5.74) is 2.49. The standard InChI is InChI=1S/C21H25FN2O3/c1-3-27-20-9-4-16(14-17(20)15-26-2)21(25)24-12-10-23(11-13-24)19-7-5-18(22)6-8-19/h4-9,14H,3,10-13,15H2,1-2H3. The van der Waals surface area contributed by atoms with E-state index >= 15 is 0 Å². The molecule has 6 heteroatoms. The van der Waals surface area contributed by atoms with Gasteiger partial charge < -0.3 is 19.3 Å². The predicted molar refractivity (Wildman–Crippen MR) is 103 cm³/mol. The Kier molecular flexibility index (Phi) is 6.29. The first-order chi connectivity index (χ1) is 13.1. The maximum Gasteiger partial charge on any atom is 0.253 e. The molecule has 0 unspecified atom stereocenters. The van der Waals surface area contributed by atoms with Crippen LogP contribution in [0.2, 0.25) is 0 Å². The molecular formula is C21H25FN2O3. The highest BCUT2D eigenvalue weighted by atomic mass is 19.1. The van der Waals surface area contributed by atoms with Gasteiger partial charge in [-0.2, -0.15) is 0 Å². The van der Waals surface area contributed by atoms with Crippen LogP contribution in [-0.4, -0.2) is 50.7 Å². The molecule has 0 spiro atoms. The van der Waals surface area contributed by atoms with Crippen LogP contribution in [0, 0.1) is 5.82 Å². The van der Waals surface area contributed by atoms with Crippen LogP contribution >= 0.6 is 0 Å². The van der Waals surface area contributed by atoms with Crippen molar-refractivity contribution in [1.29, 1.82) is 0 Å². The fourth-order valence-corrected chi connectivity index (χ4v) is 3.28. The second-order valence-electron chi connectivity index (χ2n) is 6.44. The monoisotopic (exact) mass is 372 g/mol. The van der Waals surface area contributed by atoms with Crippen LogP contribution in [0.4, 0.5) is 10.1 Å². The molecule has 1 heterocycles. The summed E-state index contributed by atoms with van der Waals surface area (Å²) in [7, 11) is 1.62. The molecule has 1 saturated heterocycles. The molecule has 1 fully saturated rings. The predicted octanol–water partition coefficient (Wildman–Crippen LogP) is 3.33. The number of rotatable bonds is 6. The third kappa shape index (κ3) is 4.57. The zero-order valence-electron chi connectivity index (χ0n) is 15.8. The zero-order valence-corrected chi connectivity index (χ0v) is 15.8. The van der Waals surface area contributed by atoms with Gasteiger partial charge in [0.1, 0.15) is 11.6 Å². The van der Waals surface area contributed by atoms with Crippen LogP contribution in [0.3, 0.4) is 0 Å². The van der Waals surface area contributed by atoms with Crippen molar-refractivity contribution in [3.8, 4) is 5.75 Å². The van der Waals surface area contributed by atoms with E-state index in [1.807, 2.05) is 24.0 Å². The molecule has 3 rings (SSSR count). The summed E-state index contributed by atoms with van der Waals surface area (Å²) >= 11 is 0. The number of nitrogens with zero attached hydrogens (tertiary/aromatic N) is 2. The van der Waals surface area contributed by atoms with Gasteiger partial charge in [-0.25, -0.2) is 4.39 Å². The largest absolute Gasteiger partial charge is 0.494 e. The summed E-state index contributed by atoms with van der Waals surface area (Å²) in [6.07, 6.45) is 0. The quantitative estimate of drug-likeness (QED) is 0.780. The van der Waals surface area contributed by atoms with E-state index in [0.717, 1.165) is 30.1 Å². The molecular weight excluding hydrogens is 347 g/mol. The van der Waals surface area contributed by atoms with E-state index in [1.54, 1.807) is 25.3 Å². The number of hydrogen-bond acceptors (Lipinski definition) is 4. The molecule has 0 radical (unpaired) electrons. The first kappa shape index (κ1) is 19.2. The number of carbonyl (C=O) groups excluding carboxylic acids is 1. The van der Waals surface area contributed by atoms with Gasteiger partial charge in [-0.05, 0) is 49.4 Å². The number of ether oxygens (including phenoxy) is 2. The summed E-state index contributed by atoms with van der Waals surface area (Å²) in [6, 6.07) is 12.0. The molecule has 0 bridgehead atoms. The highest BCUT2D eigenvalue weighted by Gasteiger charge is 2.23. The van der Waals surface area contributed by atoms with Gasteiger partial charge >= 0.3 is 0 Å². The van der Waals surface area contributed by atoms with Crippen molar-refractivity contribution in [3.05, 3.63) is 59.4 Å². The van der Waals surface area contributed by atoms with Gasteiger partial charge in [-0.3, -0.25) is 4.79 Å². The van der Waals surface area contributed by atoms with Gasteiger partial charge in [-0.15, -0.1) is 0 Å². The average molecular weight is 372 g/mol. The molecule has 2 aromatic rings. The maximum atomic E-state index is 13.1. The van der Waals surface area contributed by atoms with Crippen molar-refractivity contribution in [3.63, 3.8) is 0 Å². The Balaban J connectivity index is 1.66. The number of amides is 1. The van der Waals surface area contributed by atoms with E-state index in [0.29, 0.717) is 31.9 Å². The molecule has 1 amide bonds. The smallest absolute Gasteiger partial charge is 0.253 e. The number of anilines is 1. The molecule has 1 aliphatic rings. The Morgan fingerprint density at radius 1 is 1.07 bits per heavy atom. The zero-order chi connectivity index (χ0) is 19.2. The van der Waals surface area contributed by atoms with E-state index in [-0.39, 0.29) is 11.7 Å². The second kappa shape index (κ2) is 8.86. The maximum absolute atomic E-state index is 13.1. The second-order valence-corrected chi connectivity index (χ2v) is 6.44. The fourth-order valence-electron chi connectivity index (χ4n) is 3.28. The normalized spacial score (nSPS) is 14.3. The number of halogens is 1. The Morgan fingerprint density at radius 3 is 2.41 bits per heavy atom. The highest BCUT2D eigenvalue weighted by Crippen LogP contribution is 2.23. The van der Waals surface area contributed by atoms with Crippen molar-refractivity contribution in [2.45, 2.75) is 13.5 Å². The lowest BCUT2D eigenvalue weighted by molar-refractivity contribution is 0.0746. The molecule has 27 heavy (non-hydrogen) atoms. The molecule has 0 atom stereocenters. The van der Waals surface area contributed by atoms with Gasteiger partial charge in [0.15, 0.2) is 0 Å². The topological polar surface area (TPSA) is 42.0 Å². The van der Waals surface area contributed by atoms with Crippen molar-refractivity contribution in [1.82, 2.24) is 4.90 Å². The number of carbonyl (C=O) groups is 1. The number of methoxy groups -OCH3 is 1. The fraction of sp³-hybridized carbons (Fsp3) is 0.381. The Bertz CT molecular complexity index is 771. The Labute approximate surface area is 159 Å². The molecule has 2 aromatic carbocycles. The summed E-state index contributed by atoms with van der Waals surface area (Å²) in [6.45, 7) is 5.59. The van der Waals surface area contributed by atoms with E-state index in [2.05, 4.69) is 4.90 Å². The van der Waals surface area contributed by atoms with E-state index < -0.39 is 0 Å². The van der Waals surface area contributed by atoms with Crippen molar-refractivity contribution < 1.29 is 18.7 Å². The van der Waals surface area contributed by atoms with Crippen LogP contribution in [-0.2, 0) is 11.3 Å². The molecule has 5 nitrogen and oxygen atoms in total. The van der Waals surface area contributed by atoms with Crippen LogP contribution < -0.4 is 9.64 Å². The number of benzene rings is 2. The minimum absolute atomic E-state index is 0.00848. The Hall–Kier alpha value is -2.60. The summed E-state index contributed by atoms with van der Waals surface area (Å²) in [4.78, 5) is 16.9. The SMILES string of the molecule is CCOc1ccc(C(=O)N2CCN(c3ccc(F)cc3)CC2)cc1COC. The van der Waals surface area contributed by atoms with E-state index in [9.17, 15) is 9.18 Å². The van der Waals surface area contributed by atoms with Gasteiger partial charge in [0.05, 0.1) is 13.2 Å². The third-order valence-electron chi connectivity index (χ3n) is 4.67. The van der Waals surface area contributed by atoms with Crippen molar-refractivity contribution >= 4 is 11.6 Å². The van der Waals surface area contributed by atoms with Crippen LogP contribution in [0.5, 0.6) is 5.75 Å². The van der Waals surface area contributed by atoms with Gasteiger partial charge in [-0.1, -0.05) is 0 Å². The minimum atomic E-state index is -0.241. The highest BCUT2D eigenvalue weighted by molar-refractivity contribution is 5.94. The number of hydrogen-bond donors (Lipinski definition) is 0. The van der Waals surface area contributed by atoms with Crippen molar-refractivity contribution in [2.75, 3.05) is 44.8 Å². The van der Waals surface area contributed by atoms with Gasteiger partial charge in [0.2, 0.25) is 0 Å². The van der Waals surface area contributed by atoms with Gasteiger partial charge in [0, 0.05) is 50.1 Å². The average Bonchev–Trinajstić information content (AvgIpc) is 2.70. The van der Waals surface area contributed by atoms with Crippen LogP contribution in [0.25, 0.3) is 0 Å². The lowest BCUT2D eigenvalue weighted by Crippen LogP contribution is -2.48. The van der Waals surface area contributed by atoms with E-state index in [4.69, 9.17) is 9.47 Å². The Morgan fingerprint density at radius 2 is 1.78 bits per heavy atom. The van der Waals surface area contributed by atoms with Gasteiger partial charge in [0.25, 0.3) is 5.91 Å². The first-order valence-corrected chi connectivity index (χ1v) is 9.17. The molecule has 144 valence electrons. The first-order valence-electron chi connectivity index (χ1n) is 9.17. The minimum Gasteiger partial charge on any atom is -0.494 e. The lowest BCUT2D eigenvalue weighted by atomic mass is 10.1. The molecule has 0 saturated carbocycles.